The standard InChI is InChI=1S/C14H12N6O6/c15-14-16-11(7-9-3-6-13(26-9)20(23)24)10(17-18-14)4-1-8-2-5-12(25-8)19(21)22/h1-6,11H,7H2,(H3,15,16,18). The maximum absolute atomic E-state index is 10.7. The van der Waals surface area contributed by atoms with E-state index in [9.17, 15) is 20.2 Å². The zero-order chi connectivity index (χ0) is 18.7. The van der Waals surface area contributed by atoms with Gasteiger partial charge in [-0.25, -0.2) is 10.4 Å². The highest BCUT2D eigenvalue weighted by Crippen LogP contribution is 2.20. The van der Waals surface area contributed by atoms with E-state index in [4.69, 9.17) is 14.6 Å². The molecule has 0 spiro atoms. The normalized spacial score (nSPS) is 16.8. The van der Waals surface area contributed by atoms with Crippen molar-refractivity contribution >= 4 is 29.5 Å². The number of rotatable bonds is 6. The Bertz CT molecular complexity index is 939. The molecule has 1 unspecified atom stereocenters. The van der Waals surface area contributed by atoms with E-state index in [1.54, 1.807) is 6.08 Å². The number of nitrogens with zero attached hydrogens (tertiary/aromatic N) is 4. The molecule has 12 nitrogen and oxygen atoms in total. The predicted molar refractivity (Wildman–Crippen MR) is 89.4 cm³/mol. The summed E-state index contributed by atoms with van der Waals surface area (Å²) in [6.45, 7) is 0. The van der Waals surface area contributed by atoms with E-state index in [1.165, 1.54) is 30.3 Å². The molecule has 2 aromatic rings. The molecule has 1 aliphatic rings. The van der Waals surface area contributed by atoms with Crippen molar-refractivity contribution in [1.82, 2.24) is 5.43 Å². The third-order valence-electron chi connectivity index (χ3n) is 3.37. The first kappa shape index (κ1) is 16.9. The molecule has 1 atom stereocenters. The van der Waals surface area contributed by atoms with E-state index < -0.39 is 15.9 Å². The van der Waals surface area contributed by atoms with Crippen molar-refractivity contribution in [3.8, 4) is 0 Å². The van der Waals surface area contributed by atoms with Crippen LogP contribution in [0.3, 0.4) is 0 Å². The highest BCUT2D eigenvalue weighted by molar-refractivity contribution is 6.05. The minimum absolute atomic E-state index is 0.0850. The molecule has 0 aromatic carbocycles. The van der Waals surface area contributed by atoms with Crippen LogP contribution in [0.25, 0.3) is 6.08 Å². The Kier molecular flexibility index (Phi) is 4.47. The quantitative estimate of drug-likeness (QED) is 0.576. The van der Waals surface area contributed by atoms with Gasteiger partial charge in [-0.05, 0) is 24.3 Å². The molecule has 0 saturated heterocycles. The number of guanidine groups is 1. The Hall–Kier alpha value is -3.96. The number of hydrogen-bond acceptors (Lipinski definition) is 10. The number of nitrogens with one attached hydrogen (secondary N) is 1. The van der Waals surface area contributed by atoms with Crippen molar-refractivity contribution in [3.63, 3.8) is 0 Å². The smallest absolute Gasteiger partial charge is 0.406 e. The van der Waals surface area contributed by atoms with Crippen LogP contribution in [-0.2, 0) is 6.42 Å². The topological polar surface area (TPSA) is 175 Å². The van der Waals surface area contributed by atoms with Crippen molar-refractivity contribution in [2.24, 2.45) is 15.8 Å². The third-order valence-corrected chi connectivity index (χ3v) is 3.37. The van der Waals surface area contributed by atoms with Crippen molar-refractivity contribution < 1.29 is 18.7 Å². The molecule has 2 aromatic heterocycles. The van der Waals surface area contributed by atoms with Crippen molar-refractivity contribution in [2.75, 3.05) is 0 Å². The molecule has 3 heterocycles. The number of hydrazone groups is 1. The van der Waals surface area contributed by atoms with Gasteiger partial charge >= 0.3 is 11.8 Å². The first-order valence-electron chi connectivity index (χ1n) is 7.24. The number of furan rings is 2. The summed E-state index contributed by atoms with van der Waals surface area (Å²) in [7, 11) is 0. The highest BCUT2D eigenvalue weighted by atomic mass is 16.7. The largest absolute Gasteiger partial charge is 0.433 e. The van der Waals surface area contributed by atoms with Crippen LogP contribution >= 0.6 is 0 Å². The number of nitro groups is 2. The number of hydrogen-bond donors (Lipinski definition) is 2. The lowest BCUT2D eigenvalue weighted by Crippen LogP contribution is -2.38. The van der Waals surface area contributed by atoms with Crippen LogP contribution in [0.2, 0.25) is 0 Å². The molecule has 0 saturated carbocycles. The summed E-state index contributed by atoms with van der Waals surface area (Å²) in [6, 6.07) is 4.84. The molecule has 26 heavy (non-hydrogen) atoms. The second kappa shape index (κ2) is 6.88. The van der Waals surface area contributed by atoms with Crippen LogP contribution in [0.4, 0.5) is 11.8 Å². The van der Waals surface area contributed by atoms with E-state index in [0.717, 1.165) is 0 Å². The third kappa shape index (κ3) is 3.75. The van der Waals surface area contributed by atoms with Gasteiger partial charge in [-0.15, -0.1) is 0 Å². The van der Waals surface area contributed by atoms with E-state index in [2.05, 4.69) is 15.5 Å². The maximum Gasteiger partial charge on any atom is 0.433 e. The molecule has 0 bridgehead atoms. The maximum atomic E-state index is 10.7. The second-order valence-corrected chi connectivity index (χ2v) is 5.15. The van der Waals surface area contributed by atoms with Gasteiger partial charge in [-0.3, -0.25) is 20.2 Å². The zero-order valence-electron chi connectivity index (χ0n) is 13.1. The zero-order valence-corrected chi connectivity index (χ0v) is 13.1. The van der Waals surface area contributed by atoms with Crippen LogP contribution in [0.1, 0.15) is 11.5 Å². The van der Waals surface area contributed by atoms with Crippen LogP contribution < -0.4 is 11.2 Å². The Balaban J connectivity index is 1.76. The second-order valence-electron chi connectivity index (χ2n) is 5.15. The fraction of sp³-hybridized carbons (Fsp3) is 0.143. The molecular weight excluding hydrogens is 348 g/mol. The van der Waals surface area contributed by atoms with Crippen LogP contribution in [0, 0.1) is 20.2 Å². The molecule has 134 valence electrons. The van der Waals surface area contributed by atoms with E-state index in [1.807, 2.05) is 0 Å². The van der Waals surface area contributed by atoms with Gasteiger partial charge < -0.3 is 14.6 Å². The summed E-state index contributed by atoms with van der Waals surface area (Å²) < 4.78 is 10.1. The van der Waals surface area contributed by atoms with E-state index in [-0.39, 0.29) is 29.9 Å². The average Bonchev–Trinajstić information content (AvgIpc) is 3.23. The molecule has 3 N–H and O–H groups in total. The van der Waals surface area contributed by atoms with Gasteiger partial charge in [0.15, 0.2) is 0 Å². The van der Waals surface area contributed by atoms with Gasteiger partial charge in [0.25, 0.3) is 0 Å². The molecule has 0 aliphatic carbocycles. The first-order valence-corrected chi connectivity index (χ1v) is 7.24. The lowest BCUT2D eigenvalue weighted by atomic mass is 10.1. The molecule has 12 heteroatoms. The molecular formula is C14H12N6O6. The summed E-state index contributed by atoms with van der Waals surface area (Å²) in [5.74, 6) is -0.0658. The fourth-order valence-corrected chi connectivity index (χ4v) is 2.22. The number of aliphatic imine (C=N–C) groups is 1. The minimum atomic E-state index is -0.644. The van der Waals surface area contributed by atoms with E-state index in [0.29, 0.717) is 11.5 Å². The van der Waals surface area contributed by atoms with Gasteiger partial charge in [0.1, 0.15) is 27.4 Å². The van der Waals surface area contributed by atoms with Crippen LogP contribution in [0.15, 0.2) is 49.3 Å². The first-order chi connectivity index (χ1) is 12.4. The Morgan fingerprint density at radius 3 is 2.46 bits per heavy atom. The Morgan fingerprint density at radius 1 is 1.12 bits per heavy atom. The molecule has 0 radical (unpaired) electrons. The average molecular weight is 360 g/mol. The molecule has 0 fully saturated rings. The molecule has 1 aliphatic heterocycles. The summed E-state index contributed by atoms with van der Waals surface area (Å²) >= 11 is 0. The van der Waals surface area contributed by atoms with Gasteiger partial charge in [0.2, 0.25) is 5.96 Å². The monoisotopic (exact) mass is 360 g/mol. The Labute approximate surface area is 145 Å². The van der Waals surface area contributed by atoms with Gasteiger partial charge in [-0.2, -0.15) is 5.10 Å². The van der Waals surface area contributed by atoms with Crippen LogP contribution in [-0.4, -0.2) is 27.6 Å². The van der Waals surface area contributed by atoms with E-state index >= 15 is 0 Å². The fourth-order valence-electron chi connectivity index (χ4n) is 2.22. The van der Waals surface area contributed by atoms with Crippen LogP contribution in [0.5, 0.6) is 0 Å². The minimum Gasteiger partial charge on any atom is -0.406 e. The van der Waals surface area contributed by atoms with Crippen molar-refractivity contribution in [1.29, 1.82) is 0 Å². The SMILES string of the molecule is NC1=NC(Cc2ccc([N+](=O)[O-])o2)C(C=Cc2ccc([N+](=O)[O-])o2)=NN1. The summed E-state index contributed by atoms with van der Waals surface area (Å²) in [6.07, 6.45) is 3.23. The Morgan fingerprint density at radius 2 is 1.81 bits per heavy atom. The van der Waals surface area contributed by atoms with Gasteiger partial charge in [0, 0.05) is 6.42 Å². The predicted octanol–water partition coefficient (Wildman–Crippen LogP) is 1.59. The van der Waals surface area contributed by atoms with Gasteiger partial charge in [-0.1, -0.05) is 0 Å². The highest BCUT2D eigenvalue weighted by Gasteiger charge is 2.22. The molecule has 3 rings (SSSR count). The van der Waals surface area contributed by atoms with Gasteiger partial charge in [0.05, 0.1) is 17.8 Å². The summed E-state index contributed by atoms with van der Waals surface area (Å²) in [5.41, 5.74) is 8.57. The molecule has 0 amide bonds. The van der Waals surface area contributed by atoms with Crippen molar-refractivity contribution in [3.05, 3.63) is 62.1 Å². The lowest BCUT2D eigenvalue weighted by molar-refractivity contribution is -0.402. The van der Waals surface area contributed by atoms with Crippen molar-refractivity contribution in [2.45, 2.75) is 12.5 Å². The summed E-state index contributed by atoms with van der Waals surface area (Å²) in [4.78, 5) is 24.2. The lowest BCUT2D eigenvalue weighted by Gasteiger charge is -2.17. The number of nitrogens with two attached hydrogens (primary N) is 1. The summed E-state index contributed by atoms with van der Waals surface area (Å²) in [5, 5.41) is 25.4.